The van der Waals surface area contributed by atoms with Crippen molar-refractivity contribution in [2.75, 3.05) is 0 Å². The molecule has 0 aliphatic heterocycles. The first-order valence-electron chi connectivity index (χ1n) is 4.12. The average Bonchev–Trinajstić information content (AvgIpc) is 2.16. The first-order chi connectivity index (χ1) is 6.33. The fourth-order valence-corrected chi connectivity index (χ4v) is 1.53. The van der Waals surface area contributed by atoms with Gasteiger partial charge < -0.3 is 0 Å². The molecule has 0 saturated carbocycles. The Morgan fingerprint density at radius 2 is 2.00 bits per heavy atom. The zero-order valence-corrected chi connectivity index (χ0v) is 9.57. The fraction of sp³-hybridized carbons (Fsp3) is 0. The molecule has 2 heteroatoms. The monoisotopic (exact) mass is 185 g/mol. The lowest BCUT2D eigenvalue weighted by Gasteiger charge is -1.93. The molecular formula is C11H11NSi. The van der Waals surface area contributed by atoms with Crippen LogP contribution in [0.25, 0.3) is 6.08 Å². The second-order valence-electron chi connectivity index (χ2n) is 2.76. The van der Waals surface area contributed by atoms with Gasteiger partial charge in [-0.3, -0.25) is 0 Å². The van der Waals surface area contributed by atoms with Crippen molar-refractivity contribution >= 4 is 16.3 Å². The summed E-state index contributed by atoms with van der Waals surface area (Å²) in [5.41, 5.74) is 1.19. The lowest BCUT2D eigenvalue weighted by molar-refractivity contribution is 1.53. The second kappa shape index (κ2) is 5.12. The third kappa shape index (κ3) is 3.54. The molecule has 64 valence electrons. The maximum absolute atomic E-state index is 8.33. The third-order valence-corrected chi connectivity index (χ3v) is 2.24. The van der Waals surface area contributed by atoms with E-state index in [1.807, 2.05) is 30.3 Å². The van der Waals surface area contributed by atoms with Crippen molar-refractivity contribution in [1.29, 1.82) is 5.26 Å². The summed E-state index contributed by atoms with van der Waals surface area (Å²) in [7, 11) is 0.961. The number of rotatable bonds is 2. The molecule has 0 fully saturated rings. The minimum absolute atomic E-state index is 0.961. The van der Waals surface area contributed by atoms with Crippen LogP contribution in [0.1, 0.15) is 5.56 Å². The first kappa shape index (κ1) is 9.49. The zero-order valence-electron chi connectivity index (χ0n) is 7.57. The summed E-state index contributed by atoms with van der Waals surface area (Å²) in [6, 6.07) is 12.1. The van der Waals surface area contributed by atoms with Gasteiger partial charge in [0.05, 0.1) is 6.07 Å². The Morgan fingerprint density at radius 3 is 2.62 bits per heavy atom. The Hall–Kier alpha value is -1.59. The summed E-state index contributed by atoms with van der Waals surface area (Å²) in [6.07, 6.45) is 5.47. The molecule has 0 atom stereocenters. The molecule has 0 heterocycles. The summed E-state index contributed by atoms with van der Waals surface area (Å²) in [4.78, 5) is 0. The molecule has 0 amide bonds. The number of allylic oxidation sites excluding steroid dienone is 3. The molecule has 1 aromatic rings. The predicted molar refractivity (Wildman–Crippen MR) is 59.1 cm³/mol. The Bertz CT molecular complexity index is 357. The number of nitriles is 1. The SMILES string of the molecule is N#CC=CC([SiH3])=Cc1ccccc1. The maximum Gasteiger partial charge on any atom is 0.0911 e. The minimum atomic E-state index is 0.961. The molecule has 1 aromatic carbocycles. The highest BCUT2D eigenvalue weighted by molar-refractivity contribution is 6.25. The first-order valence-corrected chi connectivity index (χ1v) is 5.12. The van der Waals surface area contributed by atoms with Gasteiger partial charge in [0.25, 0.3) is 0 Å². The normalized spacial score (nSPS) is 11.8. The van der Waals surface area contributed by atoms with E-state index in [1.54, 1.807) is 0 Å². The van der Waals surface area contributed by atoms with Crippen molar-refractivity contribution in [2.45, 2.75) is 0 Å². The van der Waals surface area contributed by atoms with Crippen molar-refractivity contribution in [2.24, 2.45) is 0 Å². The van der Waals surface area contributed by atoms with Crippen molar-refractivity contribution in [1.82, 2.24) is 0 Å². The van der Waals surface area contributed by atoms with Gasteiger partial charge in [0.1, 0.15) is 0 Å². The van der Waals surface area contributed by atoms with Gasteiger partial charge in [-0.25, -0.2) is 0 Å². The minimum Gasteiger partial charge on any atom is -0.193 e. The zero-order chi connectivity index (χ0) is 9.52. The number of nitrogens with zero attached hydrogens (tertiary/aromatic N) is 1. The van der Waals surface area contributed by atoms with Gasteiger partial charge in [-0.15, -0.1) is 0 Å². The van der Waals surface area contributed by atoms with E-state index in [1.165, 1.54) is 16.8 Å². The van der Waals surface area contributed by atoms with Crippen LogP contribution in [-0.2, 0) is 0 Å². The average molecular weight is 185 g/mol. The number of hydrogen-bond acceptors (Lipinski definition) is 1. The third-order valence-electron chi connectivity index (χ3n) is 1.61. The van der Waals surface area contributed by atoms with Crippen LogP contribution in [0.3, 0.4) is 0 Å². The van der Waals surface area contributed by atoms with Gasteiger partial charge in [0.15, 0.2) is 0 Å². The highest BCUT2D eigenvalue weighted by atomic mass is 28.1. The maximum atomic E-state index is 8.33. The topological polar surface area (TPSA) is 23.8 Å². The molecule has 1 rings (SSSR count). The van der Waals surface area contributed by atoms with Crippen molar-refractivity contribution in [3.63, 3.8) is 0 Å². The Balaban J connectivity index is 2.78. The molecule has 1 nitrogen and oxygen atoms in total. The largest absolute Gasteiger partial charge is 0.193 e. The van der Waals surface area contributed by atoms with Crippen molar-refractivity contribution < 1.29 is 0 Å². The van der Waals surface area contributed by atoms with Gasteiger partial charge in [0, 0.05) is 16.3 Å². The molecule has 0 aromatic heterocycles. The second-order valence-corrected chi connectivity index (χ2v) is 3.92. The van der Waals surface area contributed by atoms with E-state index in [2.05, 4.69) is 18.2 Å². The summed E-state index contributed by atoms with van der Waals surface area (Å²) < 4.78 is 0. The van der Waals surface area contributed by atoms with E-state index >= 15 is 0 Å². The standard InChI is InChI=1S/C11H11NSi/c12-8-4-7-11(13)9-10-5-2-1-3-6-10/h1-7,9H,13H3. The Morgan fingerprint density at radius 1 is 1.31 bits per heavy atom. The highest BCUT2D eigenvalue weighted by Crippen LogP contribution is 2.04. The number of benzene rings is 1. The van der Waals surface area contributed by atoms with Gasteiger partial charge >= 0.3 is 0 Å². The molecule has 0 unspecified atom stereocenters. The van der Waals surface area contributed by atoms with E-state index in [0.717, 1.165) is 10.2 Å². The smallest absolute Gasteiger partial charge is 0.0911 e. The van der Waals surface area contributed by atoms with Crippen LogP contribution < -0.4 is 0 Å². The summed E-state index contributed by atoms with van der Waals surface area (Å²) in [6.45, 7) is 0. The molecule has 0 saturated heterocycles. The van der Waals surface area contributed by atoms with E-state index < -0.39 is 0 Å². The molecule has 0 bridgehead atoms. The number of hydrogen-bond donors (Lipinski definition) is 0. The summed E-state index contributed by atoms with van der Waals surface area (Å²) >= 11 is 0. The lowest BCUT2D eigenvalue weighted by atomic mass is 10.2. The van der Waals surface area contributed by atoms with Crippen LogP contribution >= 0.6 is 0 Å². The van der Waals surface area contributed by atoms with E-state index in [0.29, 0.717) is 0 Å². The summed E-state index contributed by atoms with van der Waals surface area (Å²) in [5.74, 6) is 0. The van der Waals surface area contributed by atoms with Crippen LogP contribution in [0.5, 0.6) is 0 Å². The quantitative estimate of drug-likeness (QED) is 0.389. The van der Waals surface area contributed by atoms with Gasteiger partial charge in [-0.05, 0) is 5.56 Å². The van der Waals surface area contributed by atoms with Gasteiger partial charge in [-0.1, -0.05) is 47.7 Å². The van der Waals surface area contributed by atoms with Crippen LogP contribution in [0, 0.1) is 11.3 Å². The predicted octanol–water partition coefficient (Wildman–Crippen LogP) is 1.47. The van der Waals surface area contributed by atoms with Crippen molar-refractivity contribution in [3.05, 3.63) is 53.2 Å². The van der Waals surface area contributed by atoms with Gasteiger partial charge in [0.2, 0.25) is 0 Å². The molecule has 0 aliphatic carbocycles. The molecule has 0 spiro atoms. The van der Waals surface area contributed by atoms with Gasteiger partial charge in [-0.2, -0.15) is 5.26 Å². The van der Waals surface area contributed by atoms with Crippen molar-refractivity contribution in [3.8, 4) is 6.07 Å². The van der Waals surface area contributed by atoms with E-state index in [4.69, 9.17) is 5.26 Å². The van der Waals surface area contributed by atoms with Crippen LogP contribution in [0.15, 0.2) is 47.7 Å². The van der Waals surface area contributed by atoms with Crippen LogP contribution in [0.2, 0.25) is 0 Å². The Labute approximate surface area is 81.4 Å². The van der Waals surface area contributed by atoms with E-state index in [-0.39, 0.29) is 0 Å². The summed E-state index contributed by atoms with van der Waals surface area (Å²) in [5, 5.41) is 9.55. The fourth-order valence-electron chi connectivity index (χ4n) is 1.03. The molecule has 0 aliphatic rings. The molecule has 0 N–H and O–H groups in total. The van der Waals surface area contributed by atoms with Crippen LogP contribution in [0.4, 0.5) is 0 Å². The molecule has 0 radical (unpaired) electrons. The highest BCUT2D eigenvalue weighted by Gasteiger charge is 1.85. The van der Waals surface area contributed by atoms with Crippen LogP contribution in [-0.4, -0.2) is 10.2 Å². The van der Waals surface area contributed by atoms with E-state index in [9.17, 15) is 0 Å². The molecule has 13 heavy (non-hydrogen) atoms. The lowest BCUT2D eigenvalue weighted by Crippen LogP contribution is -1.76. The Kier molecular flexibility index (Phi) is 3.74. The molecular weight excluding hydrogens is 174 g/mol.